The third-order valence-electron chi connectivity index (χ3n) is 5.35. The number of rotatable bonds is 9. The molecule has 2 fully saturated rings. The summed E-state index contributed by atoms with van der Waals surface area (Å²) < 4.78 is 48.8. The summed E-state index contributed by atoms with van der Waals surface area (Å²) in [6.45, 7) is -0.305. The van der Waals surface area contributed by atoms with Crippen LogP contribution in [0.4, 0.5) is 0 Å². The van der Waals surface area contributed by atoms with E-state index in [0.29, 0.717) is 0 Å². The normalized spacial score (nSPS) is 36.3. The van der Waals surface area contributed by atoms with Crippen molar-refractivity contribution in [2.75, 3.05) is 13.2 Å². The molecule has 0 saturated carbocycles. The summed E-state index contributed by atoms with van der Waals surface area (Å²) in [4.78, 5) is 45.2. The van der Waals surface area contributed by atoms with E-state index in [1.165, 1.54) is 13.1 Å². The van der Waals surface area contributed by atoms with Crippen molar-refractivity contribution < 1.29 is 67.3 Å². The van der Waals surface area contributed by atoms with Crippen LogP contribution in [-0.4, -0.2) is 101 Å². The Hall–Kier alpha value is -1.34. The standard InChI is InChI=1S/C16H26N2O16P2/c1-6-3-18(16(25)17-14(6)24)10-2-7(20)9(31-10)5-30-35(26,27)34-36(28,29)33-15-13(23)12(22)11(21)8(4-19)32-15/h3,7-13,15,19-23H,2,4-5H2,1H3,(H,26,27)(H,28,29)(H,17,24,25)/t7-,8?,9-,10-,11+,12+,13?,15+/m1/s1. The highest BCUT2D eigenvalue weighted by Crippen LogP contribution is 2.61. The van der Waals surface area contributed by atoms with Gasteiger partial charge in [0.05, 0.1) is 19.3 Å². The first-order chi connectivity index (χ1) is 16.6. The fourth-order valence-corrected chi connectivity index (χ4v) is 5.62. The van der Waals surface area contributed by atoms with Crippen LogP contribution in [0.25, 0.3) is 0 Å². The van der Waals surface area contributed by atoms with Crippen LogP contribution in [-0.2, 0) is 32.0 Å². The van der Waals surface area contributed by atoms with Gasteiger partial charge < -0.3 is 44.8 Å². The molecule has 206 valence electrons. The van der Waals surface area contributed by atoms with E-state index in [-0.39, 0.29) is 12.0 Å². The van der Waals surface area contributed by atoms with Gasteiger partial charge in [-0.3, -0.25) is 23.4 Å². The molecule has 1 aromatic rings. The summed E-state index contributed by atoms with van der Waals surface area (Å²) in [6, 6.07) is 0. The molecule has 2 saturated heterocycles. The molecule has 1 aromatic heterocycles. The van der Waals surface area contributed by atoms with E-state index in [4.69, 9.17) is 14.6 Å². The minimum absolute atomic E-state index is 0.172. The largest absolute Gasteiger partial charge is 0.483 e. The van der Waals surface area contributed by atoms with Crippen LogP contribution in [0.2, 0.25) is 0 Å². The van der Waals surface area contributed by atoms with Gasteiger partial charge in [0.25, 0.3) is 5.56 Å². The number of aromatic amines is 1. The van der Waals surface area contributed by atoms with Crippen LogP contribution >= 0.6 is 15.6 Å². The van der Waals surface area contributed by atoms with Gasteiger partial charge in [-0.05, 0) is 6.92 Å². The van der Waals surface area contributed by atoms with Crippen LogP contribution < -0.4 is 11.2 Å². The van der Waals surface area contributed by atoms with E-state index < -0.39 is 89.2 Å². The number of ether oxygens (including phenoxy) is 2. The Balaban J connectivity index is 1.59. The first-order valence-electron chi connectivity index (χ1n) is 10.3. The Morgan fingerprint density at radius 1 is 1.06 bits per heavy atom. The second kappa shape index (κ2) is 11.2. The molecule has 0 aromatic carbocycles. The number of H-pyrrole nitrogens is 1. The molecule has 0 spiro atoms. The van der Waals surface area contributed by atoms with Gasteiger partial charge in [-0.25, -0.2) is 13.9 Å². The van der Waals surface area contributed by atoms with Gasteiger partial charge in [-0.2, -0.15) is 4.31 Å². The average Bonchev–Trinajstić information content (AvgIpc) is 3.14. The zero-order valence-corrected chi connectivity index (χ0v) is 20.3. The Morgan fingerprint density at radius 3 is 2.36 bits per heavy atom. The maximum Gasteiger partial charge on any atom is 0.483 e. The zero-order chi connectivity index (χ0) is 27.0. The van der Waals surface area contributed by atoms with E-state index in [9.17, 15) is 48.9 Å². The highest BCUT2D eigenvalue weighted by atomic mass is 31.3. The van der Waals surface area contributed by atoms with Crippen molar-refractivity contribution in [1.82, 2.24) is 9.55 Å². The van der Waals surface area contributed by atoms with Gasteiger partial charge >= 0.3 is 21.3 Å². The molecule has 8 N–H and O–H groups in total. The third kappa shape index (κ3) is 6.75. The molecule has 2 aliphatic rings. The summed E-state index contributed by atoms with van der Waals surface area (Å²) >= 11 is 0. The molecule has 3 rings (SSSR count). The lowest BCUT2D eigenvalue weighted by molar-refractivity contribution is -0.280. The van der Waals surface area contributed by atoms with Crippen LogP contribution in [0.1, 0.15) is 18.2 Å². The summed E-state index contributed by atoms with van der Waals surface area (Å²) in [6.07, 6.45) is -12.2. The molecule has 0 amide bonds. The molecular weight excluding hydrogens is 538 g/mol. The topological polar surface area (TPSA) is 277 Å². The smallest absolute Gasteiger partial charge is 0.394 e. The maximum atomic E-state index is 12.2. The highest BCUT2D eigenvalue weighted by molar-refractivity contribution is 7.61. The number of hydrogen-bond donors (Lipinski definition) is 8. The predicted octanol–water partition coefficient (Wildman–Crippen LogP) is -3.46. The first kappa shape index (κ1) is 29.2. The summed E-state index contributed by atoms with van der Waals surface area (Å²) in [5.41, 5.74) is -1.27. The molecule has 20 heteroatoms. The predicted molar refractivity (Wildman–Crippen MR) is 112 cm³/mol. The molecule has 0 radical (unpaired) electrons. The number of aliphatic hydroxyl groups excluding tert-OH is 5. The molecule has 3 heterocycles. The van der Waals surface area contributed by atoms with Crippen molar-refractivity contribution in [3.8, 4) is 0 Å². The minimum Gasteiger partial charge on any atom is -0.394 e. The van der Waals surface area contributed by atoms with Crippen LogP contribution in [0.5, 0.6) is 0 Å². The minimum atomic E-state index is -5.54. The van der Waals surface area contributed by atoms with E-state index in [2.05, 4.69) is 18.3 Å². The Morgan fingerprint density at radius 2 is 1.72 bits per heavy atom. The number of aliphatic hydroxyl groups is 5. The van der Waals surface area contributed by atoms with Gasteiger partial charge in [-0.1, -0.05) is 0 Å². The van der Waals surface area contributed by atoms with Crippen LogP contribution in [0.15, 0.2) is 15.8 Å². The number of aryl methyl sites for hydroxylation is 1. The summed E-state index contributed by atoms with van der Waals surface area (Å²) in [5, 5.41) is 48.5. The highest BCUT2D eigenvalue weighted by Gasteiger charge is 2.48. The summed E-state index contributed by atoms with van der Waals surface area (Å²) in [5.74, 6) is 0. The molecule has 10 atom stereocenters. The second-order valence-corrected chi connectivity index (χ2v) is 11.0. The molecule has 4 unspecified atom stereocenters. The average molecular weight is 564 g/mol. The lowest BCUT2D eigenvalue weighted by Crippen LogP contribution is -2.58. The van der Waals surface area contributed by atoms with Crippen LogP contribution in [0.3, 0.4) is 0 Å². The van der Waals surface area contributed by atoms with Crippen molar-refractivity contribution in [3.63, 3.8) is 0 Å². The molecule has 18 nitrogen and oxygen atoms in total. The zero-order valence-electron chi connectivity index (χ0n) is 18.5. The van der Waals surface area contributed by atoms with Gasteiger partial charge in [0.2, 0.25) is 0 Å². The molecule has 2 aliphatic heterocycles. The lowest BCUT2D eigenvalue weighted by atomic mass is 10.00. The number of aromatic nitrogens is 2. The van der Waals surface area contributed by atoms with Crippen molar-refractivity contribution in [1.29, 1.82) is 0 Å². The summed E-state index contributed by atoms with van der Waals surface area (Å²) in [7, 11) is -10.9. The first-order valence-corrected chi connectivity index (χ1v) is 13.3. The molecule has 36 heavy (non-hydrogen) atoms. The number of nitrogens with zero attached hydrogens (tertiary/aromatic N) is 1. The van der Waals surface area contributed by atoms with Crippen molar-refractivity contribution >= 4 is 15.6 Å². The Kier molecular flexibility index (Phi) is 9.08. The lowest BCUT2D eigenvalue weighted by Gasteiger charge is -2.39. The van der Waals surface area contributed by atoms with Crippen molar-refractivity contribution in [3.05, 3.63) is 32.6 Å². The quantitative estimate of drug-likeness (QED) is 0.135. The molecule has 0 aliphatic carbocycles. The van der Waals surface area contributed by atoms with Crippen molar-refractivity contribution in [2.45, 2.75) is 62.5 Å². The fourth-order valence-electron chi connectivity index (χ4n) is 3.46. The fraction of sp³-hybridized carbons (Fsp3) is 0.750. The van der Waals surface area contributed by atoms with E-state index in [0.717, 1.165) is 4.57 Å². The monoisotopic (exact) mass is 564 g/mol. The third-order valence-corrected chi connectivity index (χ3v) is 7.95. The maximum absolute atomic E-state index is 12.2. The number of phosphoric acid groups is 2. The van der Waals surface area contributed by atoms with Crippen molar-refractivity contribution in [2.24, 2.45) is 0 Å². The number of nitrogens with one attached hydrogen (secondary N) is 1. The Labute approximate surface area is 201 Å². The SMILES string of the molecule is Cc1cn([C@H]2C[C@@H](O)[C@@H](COP(=O)(O)OP(=O)(O)O[C@@H]3OC(CO)[C@H](O)[C@H](O)C3O)O2)c(=O)[nH]c1=O. The van der Waals surface area contributed by atoms with Gasteiger partial charge in [-0.15, -0.1) is 0 Å². The van der Waals surface area contributed by atoms with Gasteiger partial charge in [0, 0.05) is 18.2 Å². The number of phosphoric ester groups is 2. The van der Waals surface area contributed by atoms with Crippen LogP contribution in [0, 0.1) is 6.92 Å². The molecule has 0 bridgehead atoms. The number of hydrogen-bond acceptors (Lipinski definition) is 14. The van der Waals surface area contributed by atoms with E-state index >= 15 is 0 Å². The molecular formula is C16H26N2O16P2. The van der Waals surface area contributed by atoms with E-state index in [1.807, 2.05) is 0 Å². The second-order valence-electron chi connectivity index (χ2n) is 8.03. The Bertz CT molecular complexity index is 1140. The van der Waals surface area contributed by atoms with E-state index in [1.54, 1.807) is 0 Å². The van der Waals surface area contributed by atoms with Gasteiger partial charge in [0.15, 0.2) is 6.29 Å². The van der Waals surface area contributed by atoms with Gasteiger partial charge in [0.1, 0.15) is 36.7 Å².